The van der Waals surface area contributed by atoms with Crippen molar-refractivity contribution in [3.63, 3.8) is 0 Å². The second-order valence-corrected chi connectivity index (χ2v) is 8.70. The third-order valence-electron chi connectivity index (χ3n) is 6.71. The van der Waals surface area contributed by atoms with Crippen LogP contribution in [-0.2, 0) is 0 Å². The molecule has 2 aliphatic rings. The Labute approximate surface area is 177 Å². The first-order valence-corrected chi connectivity index (χ1v) is 11.7. The number of hydrogen-bond donors (Lipinski definition) is 0. The molecule has 0 bridgehead atoms. The lowest BCUT2D eigenvalue weighted by Crippen LogP contribution is -2.46. The van der Waals surface area contributed by atoms with Gasteiger partial charge in [-0.2, -0.15) is 0 Å². The number of anilines is 2. The van der Waals surface area contributed by atoms with Crippen molar-refractivity contribution in [2.45, 2.75) is 51.0 Å². The van der Waals surface area contributed by atoms with Gasteiger partial charge >= 0.3 is 0 Å². The number of piperidine rings is 2. The summed E-state index contributed by atoms with van der Waals surface area (Å²) < 4.78 is 0. The van der Waals surface area contributed by atoms with Gasteiger partial charge in [0, 0.05) is 24.0 Å². The van der Waals surface area contributed by atoms with Crippen molar-refractivity contribution >= 4 is 11.4 Å². The van der Waals surface area contributed by atoms with Crippen LogP contribution >= 0.6 is 0 Å². The molecule has 3 heteroatoms. The van der Waals surface area contributed by atoms with E-state index in [1.54, 1.807) is 0 Å². The first kappa shape index (κ1) is 20.4. The summed E-state index contributed by atoms with van der Waals surface area (Å²) in [5.74, 6) is 0. The first-order valence-electron chi connectivity index (χ1n) is 11.7. The molecule has 0 N–H and O–H groups in total. The van der Waals surface area contributed by atoms with E-state index in [1.165, 1.54) is 89.0 Å². The number of para-hydroxylation sites is 2. The third-order valence-corrected chi connectivity index (χ3v) is 6.71. The van der Waals surface area contributed by atoms with E-state index < -0.39 is 0 Å². The molecular formula is C26H37N3. The summed E-state index contributed by atoms with van der Waals surface area (Å²) in [5, 5.41) is 0. The zero-order valence-electron chi connectivity index (χ0n) is 17.9. The van der Waals surface area contributed by atoms with Crippen LogP contribution < -0.4 is 4.90 Å². The quantitative estimate of drug-likeness (QED) is 0.546. The minimum atomic E-state index is 0.859. The fraction of sp³-hybridized carbons (Fsp3) is 0.538. The number of rotatable bonds is 8. The van der Waals surface area contributed by atoms with Crippen LogP contribution in [0.5, 0.6) is 0 Å². The number of likely N-dealkylation sites (tertiary alicyclic amines) is 2. The highest BCUT2D eigenvalue weighted by Crippen LogP contribution is 2.25. The molecule has 3 nitrogen and oxygen atoms in total. The van der Waals surface area contributed by atoms with E-state index >= 15 is 0 Å². The van der Waals surface area contributed by atoms with Gasteiger partial charge in [0.2, 0.25) is 0 Å². The highest BCUT2D eigenvalue weighted by molar-refractivity contribution is 5.62. The lowest BCUT2D eigenvalue weighted by molar-refractivity contribution is 0.0920. The molecule has 2 aliphatic heterocycles. The summed E-state index contributed by atoms with van der Waals surface area (Å²) in [5.41, 5.74) is 2.59. The average Bonchev–Trinajstić information content (AvgIpc) is 2.81. The van der Waals surface area contributed by atoms with E-state index in [-0.39, 0.29) is 0 Å². The Bertz CT molecular complexity index is 649. The second kappa shape index (κ2) is 10.8. The van der Waals surface area contributed by atoms with Gasteiger partial charge in [-0.1, -0.05) is 42.8 Å². The number of nitrogens with zero attached hydrogens (tertiary/aromatic N) is 3. The van der Waals surface area contributed by atoms with Crippen molar-refractivity contribution in [3.05, 3.63) is 60.7 Å². The van der Waals surface area contributed by atoms with Gasteiger partial charge in [0.05, 0.1) is 0 Å². The van der Waals surface area contributed by atoms with Gasteiger partial charge in [-0.25, -0.2) is 0 Å². The summed E-state index contributed by atoms with van der Waals surface area (Å²) in [6.07, 6.45) is 9.54. The molecule has 2 saturated heterocycles. The normalized spacial score (nSPS) is 19.3. The number of benzene rings is 2. The van der Waals surface area contributed by atoms with E-state index in [4.69, 9.17) is 0 Å². The molecule has 0 radical (unpaired) electrons. The minimum absolute atomic E-state index is 0.859. The smallest absolute Gasteiger partial charge is 0.0410 e. The van der Waals surface area contributed by atoms with Gasteiger partial charge in [0.25, 0.3) is 0 Å². The standard InChI is InChI=1S/C26H37N3/c1-4-12-25(13-5-1)29(26-14-6-2-7-15-26)21-11-10-18-27-22-16-24(17-23-27)28-19-8-3-9-20-28/h1-2,4-7,12-15,24H,3,8-11,16-23H2. The van der Waals surface area contributed by atoms with E-state index in [0.29, 0.717) is 0 Å². The Morgan fingerprint density at radius 3 is 1.86 bits per heavy atom. The Morgan fingerprint density at radius 2 is 1.28 bits per heavy atom. The third kappa shape index (κ3) is 5.83. The first-order chi connectivity index (χ1) is 14.4. The molecular weight excluding hydrogens is 354 g/mol. The monoisotopic (exact) mass is 391 g/mol. The molecule has 2 fully saturated rings. The SMILES string of the molecule is c1ccc(N(CCCCN2CCC(N3CCCCC3)CC2)c2ccccc2)cc1. The highest BCUT2D eigenvalue weighted by atomic mass is 15.2. The van der Waals surface area contributed by atoms with E-state index in [2.05, 4.69) is 75.4 Å². The Kier molecular flexibility index (Phi) is 7.61. The predicted molar refractivity (Wildman–Crippen MR) is 124 cm³/mol. The van der Waals surface area contributed by atoms with Crippen molar-refractivity contribution < 1.29 is 0 Å². The van der Waals surface area contributed by atoms with Crippen molar-refractivity contribution in [2.24, 2.45) is 0 Å². The molecule has 0 unspecified atom stereocenters. The second-order valence-electron chi connectivity index (χ2n) is 8.70. The topological polar surface area (TPSA) is 9.72 Å². The molecule has 0 atom stereocenters. The number of hydrogen-bond acceptors (Lipinski definition) is 3. The van der Waals surface area contributed by atoms with Crippen LogP contribution in [0.15, 0.2) is 60.7 Å². The molecule has 0 saturated carbocycles. The molecule has 0 spiro atoms. The van der Waals surface area contributed by atoms with Gasteiger partial charge < -0.3 is 14.7 Å². The summed E-state index contributed by atoms with van der Waals surface area (Å²) >= 11 is 0. The largest absolute Gasteiger partial charge is 0.341 e. The maximum atomic E-state index is 2.78. The predicted octanol–water partition coefficient (Wildman–Crippen LogP) is 5.56. The van der Waals surface area contributed by atoms with Crippen LogP contribution in [0.2, 0.25) is 0 Å². The minimum Gasteiger partial charge on any atom is -0.341 e. The lowest BCUT2D eigenvalue weighted by Gasteiger charge is -2.40. The summed E-state index contributed by atoms with van der Waals surface area (Å²) in [6.45, 7) is 7.62. The van der Waals surface area contributed by atoms with Crippen LogP contribution in [0.3, 0.4) is 0 Å². The molecule has 0 aromatic heterocycles. The van der Waals surface area contributed by atoms with Crippen LogP contribution in [0, 0.1) is 0 Å². The lowest BCUT2D eigenvalue weighted by atomic mass is 10.00. The van der Waals surface area contributed by atoms with E-state index in [0.717, 1.165) is 12.6 Å². The molecule has 4 rings (SSSR count). The Morgan fingerprint density at radius 1 is 0.690 bits per heavy atom. The Balaban J connectivity index is 1.22. The molecule has 2 aromatic rings. The fourth-order valence-electron chi connectivity index (χ4n) is 5.02. The van der Waals surface area contributed by atoms with E-state index in [1.807, 2.05) is 0 Å². The zero-order chi connectivity index (χ0) is 19.7. The van der Waals surface area contributed by atoms with Gasteiger partial charge in [-0.15, -0.1) is 0 Å². The molecule has 2 aromatic carbocycles. The highest BCUT2D eigenvalue weighted by Gasteiger charge is 2.25. The molecule has 0 aliphatic carbocycles. The van der Waals surface area contributed by atoms with Gasteiger partial charge in [0.15, 0.2) is 0 Å². The molecule has 29 heavy (non-hydrogen) atoms. The Hall–Kier alpha value is -1.84. The zero-order valence-corrected chi connectivity index (χ0v) is 17.9. The molecule has 156 valence electrons. The van der Waals surface area contributed by atoms with Crippen LogP contribution in [0.25, 0.3) is 0 Å². The average molecular weight is 392 g/mol. The van der Waals surface area contributed by atoms with Gasteiger partial charge in [0.1, 0.15) is 0 Å². The van der Waals surface area contributed by atoms with Crippen LogP contribution in [0.4, 0.5) is 11.4 Å². The van der Waals surface area contributed by atoms with Crippen molar-refractivity contribution in [1.29, 1.82) is 0 Å². The maximum absolute atomic E-state index is 2.78. The van der Waals surface area contributed by atoms with Crippen molar-refractivity contribution in [2.75, 3.05) is 44.2 Å². The summed E-state index contributed by atoms with van der Waals surface area (Å²) in [4.78, 5) is 7.94. The van der Waals surface area contributed by atoms with Gasteiger partial charge in [-0.3, -0.25) is 0 Å². The summed E-state index contributed by atoms with van der Waals surface area (Å²) in [7, 11) is 0. The van der Waals surface area contributed by atoms with Crippen LogP contribution in [-0.4, -0.2) is 55.1 Å². The van der Waals surface area contributed by atoms with Crippen molar-refractivity contribution in [1.82, 2.24) is 9.80 Å². The van der Waals surface area contributed by atoms with E-state index in [9.17, 15) is 0 Å². The summed E-state index contributed by atoms with van der Waals surface area (Å²) in [6, 6.07) is 22.5. The fourth-order valence-corrected chi connectivity index (χ4v) is 5.02. The molecule has 0 amide bonds. The molecule has 2 heterocycles. The van der Waals surface area contributed by atoms with Crippen molar-refractivity contribution in [3.8, 4) is 0 Å². The number of unbranched alkanes of at least 4 members (excludes halogenated alkanes) is 1. The van der Waals surface area contributed by atoms with Gasteiger partial charge in [-0.05, 0) is 95.5 Å². The maximum Gasteiger partial charge on any atom is 0.0410 e. The van der Waals surface area contributed by atoms with Crippen LogP contribution in [0.1, 0.15) is 44.9 Å².